The van der Waals surface area contributed by atoms with Crippen LogP contribution in [-0.4, -0.2) is 60.4 Å². The van der Waals surface area contributed by atoms with Crippen LogP contribution in [-0.2, 0) is 4.65 Å². The summed E-state index contributed by atoms with van der Waals surface area (Å²) >= 11 is 0. The first-order chi connectivity index (χ1) is 14.0. The Hall–Kier alpha value is -2.13. The third-order valence-corrected chi connectivity index (χ3v) is 4.54. The van der Waals surface area contributed by atoms with Crippen LogP contribution >= 0.6 is 0 Å². The van der Waals surface area contributed by atoms with Crippen LogP contribution in [0, 0.1) is 0 Å². The molecule has 0 saturated carbocycles. The molecule has 0 aliphatic heterocycles. The SMILES string of the molecule is CCCOc1cc(-c2cncc([C@@H](CO)CB(O)OC(C)CO)c2)ccc1OC. The molecule has 0 amide bonds. The van der Waals surface area contributed by atoms with Crippen molar-refractivity contribution in [2.24, 2.45) is 0 Å². The van der Waals surface area contributed by atoms with Crippen LogP contribution in [0.5, 0.6) is 11.5 Å². The summed E-state index contributed by atoms with van der Waals surface area (Å²) < 4.78 is 16.4. The van der Waals surface area contributed by atoms with Gasteiger partial charge >= 0.3 is 7.12 Å². The Bertz CT molecular complexity index is 760. The standard InChI is InChI=1S/C21H30BNO6/c1-4-7-28-21-9-16(5-6-20(21)27-3)17-8-18(12-23-11-17)19(14-25)10-22(26)29-15(2)13-24/h5-6,8-9,11-12,15,19,24-26H,4,7,10,13-14H2,1-3H3/t15?,19-/m1/s1. The van der Waals surface area contributed by atoms with E-state index in [-0.39, 0.29) is 25.5 Å². The van der Waals surface area contributed by atoms with Crippen molar-refractivity contribution in [2.75, 3.05) is 26.9 Å². The van der Waals surface area contributed by atoms with E-state index in [0.29, 0.717) is 18.1 Å². The zero-order valence-electron chi connectivity index (χ0n) is 17.2. The molecule has 1 aromatic heterocycles. The van der Waals surface area contributed by atoms with E-state index >= 15 is 0 Å². The van der Waals surface area contributed by atoms with Crippen LogP contribution in [0.3, 0.4) is 0 Å². The summed E-state index contributed by atoms with van der Waals surface area (Å²) in [6, 6.07) is 7.61. The van der Waals surface area contributed by atoms with Gasteiger partial charge in [0.05, 0.1) is 26.4 Å². The fourth-order valence-corrected chi connectivity index (χ4v) is 2.95. The predicted octanol–water partition coefficient (Wildman–Crippen LogP) is 2.50. The van der Waals surface area contributed by atoms with Crippen molar-refractivity contribution in [3.8, 4) is 22.6 Å². The summed E-state index contributed by atoms with van der Waals surface area (Å²) in [6.45, 7) is 3.96. The third-order valence-electron chi connectivity index (χ3n) is 4.54. The number of hydrogen-bond donors (Lipinski definition) is 3. The smallest absolute Gasteiger partial charge is 0.455 e. The number of ether oxygens (including phenoxy) is 2. The second kappa shape index (κ2) is 11.8. The molecule has 0 saturated heterocycles. The van der Waals surface area contributed by atoms with Gasteiger partial charge in [0.1, 0.15) is 0 Å². The van der Waals surface area contributed by atoms with Crippen molar-refractivity contribution >= 4 is 7.12 Å². The minimum atomic E-state index is -1.09. The van der Waals surface area contributed by atoms with Gasteiger partial charge < -0.3 is 29.4 Å². The van der Waals surface area contributed by atoms with E-state index in [4.69, 9.17) is 19.2 Å². The number of rotatable bonds is 12. The molecule has 0 spiro atoms. The average molecular weight is 403 g/mol. The van der Waals surface area contributed by atoms with E-state index < -0.39 is 13.2 Å². The van der Waals surface area contributed by atoms with Crippen LogP contribution in [0.2, 0.25) is 6.32 Å². The van der Waals surface area contributed by atoms with Gasteiger partial charge in [0, 0.05) is 30.5 Å². The van der Waals surface area contributed by atoms with E-state index in [1.54, 1.807) is 26.4 Å². The number of aliphatic hydroxyl groups is 2. The molecule has 2 aromatic rings. The topological polar surface area (TPSA) is 101 Å². The minimum absolute atomic E-state index is 0.160. The van der Waals surface area contributed by atoms with Crippen LogP contribution in [0.4, 0.5) is 0 Å². The first-order valence-electron chi connectivity index (χ1n) is 9.83. The second-order valence-corrected chi connectivity index (χ2v) is 6.92. The fourth-order valence-electron chi connectivity index (χ4n) is 2.95. The lowest BCUT2D eigenvalue weighted by molar-refractivity contribution is 0.107. The van der Waals surface area contributed by atoms with Gasteiger partial charge in [-0.25, -0.2) is 0 Å². The molecular weight excluding hydrogens is 373 g/mol. The number of benzene rings is 1. The van der Waals surface area contributed by atoms with Crippen molar-refractivity contribution in [2.45, 2.75) is 38.6 Å². The molecule has 1 unspecified atom stereocenters. The van der Waals surface area contributed by atoms with Crippen LogP contribution in [0.15, 0.2) is 36.7 Å². The average Bonchev–Trinajstić information content (AvgIpc) is 2.75. The van der Waals surface area contributed by atoms with Gasteiger partial charge in [-0.3, -0.25) is 4.98 Å². The van der Waals surface area contributed by atoms with Crippen molar-refractivity contribution in [3.63, 3.8) is 0 Å². The second-order valence-electron chi connectivity index (χ2n) is 6.92. The van der Waals surface area contributed by atoms with Gasteiger partial charge in [-0.05, 0) is 49.0 Å². The highest BCUT2D eigenvalue weighted by Gasteiger charge is 2.24. The van der Waals surface area contributed by atoms with Crippen molar-refractivity contribution in [1.82, 2.24) is 4.98 Å². The summed E-state index contributed by atoms with van der Waals surface area (Å²) in [5.41, 5.74) is 2.56. The van der Waals surface area contributed by atoms with Gasteiger partial charge in [-0.1, -0.05) is 13.0 Å². The lowest BCUT2D eigenvalue weighted by atomic mass is 9.75. The van der Waals surface area contributed by atoms with Crippen LogP contribution in [0.1, 0.15) is 31.7 Å². The molecule has 0 aliphatic rings. The normalized spacial score (nSPS) is 13.0. The molecule has 0 bridgehead atoms. The Kier molecular flexibility index (Phi) is 9.40. The maximum atomic E-state index is 10.1. The number of methoxy groups -OCH3 is 1. The molecule has 0 aliphatic carbocycles. The Morgan fingerprint density at radius 3 is 2.52 bits per heavy atom. The van der Waals surface area contributed by atoms with Gasteiger partial charge in [-0.2, -0.15) is 0 Å². The quantitative estimate of drug-likeness (QED) is 0.468. The van der Waals surface area contributed by atoms with Crippen LogP contribution in [0.25, 0.3) is 11.1 Å². The Labute approximate surface area is 172 Å². The van der Waals surface area contributed by atoms with E-state index in [1.165, 1.54) is 0 Å². The lowest BCUT2D eigenvalue weighted by Gasteiger charge is -2.19. The van der Waals surface area contributed by atoms with Crippen molar-refractivity contribution in [3.05, 3.63) is 42.2 Å². The Morgan fingerprint density at radius 1 is 1.07 bits per heavy atom. The Morgan fingerprint density at radius 2 is 1.86 bits per heavy atom. The molecule has 158 valence electrons. The van der Waals surface area contributed by atoms with Gasteiger partial charge in [-0.15, -0.1) is 0 Å². The number of hydrogen-bond acceptors (Lipinski definition) is 7. The lowest BCUT2D eigenvalue weighted by Crippen LogP contribution is -2.28. The predicted molar refractivity (Wildman–Crippen MR) is 112 cm³/mol. The highest BCUT2D eigenvalue weighted by molar-refractivity contribution is 6.43. The number of aliphatic hydroxyl groups excluding tert-OH is 2. The van der Waals surface area contributed by atoms with Gasteiger partial charge in [0.2, 0.25) is 0 Å². The van der Waals surface area contributed by atoms with Gasteiger partial charge in [0.15, 0.2) is 11.5 Å². The summed E-state index contributed by atoms with van der Waals surface area (Å²) in [7, 11) is 0.514. The molecule has 2 atom stereocenters. The summed E-state index contributed by atoms with van der Waals surface area (Å²) in [4.78, 5) is 4.30. The van der Waals surface area contributed by atoms with Gasteiger partial charge in [0.25, 0.3) is 0 Å². The van der Waals surface area contributed by atoms with Crippen molar-refractivity contribution < 1.29 is 29.4 Å². The fraction of sp³-hybridized carbons (Fsp3) is 0.476. The molecular formula is C21H30BNO6. The highest BCUT2D eigenvalue weighted by atomic mass is 16.5. The first kappa shape index (κ1) is 23.2. The molecule has 7 nitrogen and oxygen atoms in total. The zero-order valence-corrected chi connectivity index (χ0v) is 17.2. The molecule has 8 heteroatoms. The van der Waals surface area contributed by atoms with Crippen LogP contribution < -0.4 is 9.47 Å². The number of pyridine rings is 1. The summed E-state index contributed by atoms with van der Waals surface area (Å²) in [5.74, 6) is 0.980. The molecule has 0 fully saturated rings. The molecule has 3 N–H and O–H groups in total. The number of nitrogens with zero attached hydrogens (tertiary/aromatic N) is 1. The van der Waals surface area contributed by atoms with Crippen molar-refractivity contribution in [1.29, 1.82) is 0 Å². The third kappa shape index (κ3) is 6.71. The zero-order chi connectivity index (χ0) is 21.2. The number of aromatic nitrogens is 1. The largest absolute Gasteiger partial charge is 0.493 e. The van der Waals surface area contributed by atoms with E-state index in [9.17, 15) is 10.1 Å². The van der Waals surface area contributed by atoms with E-state index in [0.717, 1.165) is 23.1 Å². The van der Waals surface area contributed by atoms with E-state index in [1.807, 2.05) is 31.2 Å². The Balaban J connectivity index is 2.23. The first-order valence-corrected chi connectivity index (χ1v) is 9.83. The summed E-state index contributed by atoms with van der Waals surface area (Å²) in [6.07, 6.45) is 4.02. The highest BCUT2D eigenvalue weighted by Crippen LogP contribution is 2.33. The molecule has 0 radical (unpaired) electrons. The molecule has 2 rings (SSSR count). The maximum Gasteiger partial charge on any atom is 0.455 e. The van der Waals surface area contributed by atoms with E-state index in [2.05, 4.69) is 4.98 Å². The monoisotopic (exact) mass is 403 g/mol. The molecule has 1 heterocycles. The molecule has 29 heavy (non-hydrogen) atoms. The molecule has 1 aromatic carbocycles. The maximum absolute atomic E-state index is 10.1. The summed E-state index contributed by atoms with van der Waals surface area (Å²) in [5, 5.41) is 28.9. The minimum Gasteiger partial charge on any atom is -0.493 e.